The number of hydrogen-bond acceptors (Lipinski definition) is 5. The lowest BCUT2D eigenvalue weighted by atomic mass is 10.0. The molecule has 2 fully saturated rings. The first-order valence-electron chi connectivity index (χ1n) is 6.33. The van der Waals surface area contributed by atoms with Crippen LogP contribution in [0.4, 0.5) is 0 Å². The highest BCUT2D eigenvalue weighted by atomic mass is 16.5. The number of amides is 1. The Morgan fingerprint density at radius 3 is 2.71 bits per heavy atom. The SMILES string of the molecule is CN1CCNCCNCC1C1CCC(=O)N1O. The summed E-state index contributed by atoms with van der Waals surface area (Å²) in [6.45, 7) is 4.59. The molecule has 6 nitrogen and oxygen atoms in total. The predicted molar refractivity (Wildman–Crippen MR) is 63.8 cm³/mol. The van der Waals surface area contributed by atoms with Gasteiger partial charge in [-0.25, -0.2) is 5.06 Å². The summed E-state index contributed by atoms with van der Waals surface area (Å²) in [5.74, 6) is -0.151. The Bertz CT molecular complexity index is 274. The second-order valence-corrected chi connectivity index (χ2v) is 4.85. The zero-order valence-corrected chi connectivity index (χ0v) is 10.4. The first kappa shape index (κ1) is 12.8. The van der Waals surface area contributed by atoms with Crippen molar-refractivity contribution < 1.29 is 10.0 Å². The van der Waals surface area contributed by atoms with Crippen LogP contribution >= 0.6 is 0 Å². The van der Waals surface area contributed by atoms with E-state index in [1.165, 1.54) is 0 Å². The van der Waals surface area contributed by atoms with Crippen molar-refractivity contribution in [3.05, 3.63) is 0 Å². The van der Waals surface area contributed by atoms with Crippen molar-refractivity contribution in [1.82, 2.24) is 20.6 Å². The van der Waals surface area contributed by atoms with Crippen molar-refractivity contribution in [2.75, 3.05) is 39.8 Å². The number of carbonyl (C=O) groups is 1. The molecule has 2 aliphatic heterocycles. The lowest BCUT2D eigenvalue weighted by Gasteiger charge is -2.34. The number of nitrogens with zero attached hydrogens (tertiary/aromatic N) is 2. The van der Waals surface area contributed by atoms with E-state index >= 15 is 0 Å². The van der Waals surface area contributed by atoms with Gasteiger partial charge in [0.25, 0.3) is 0 Å². The Labute approximate surface area is 102 Å². The summed E-state index contributed by atoms with van der Waals surface area (Å²) in [6.07, 6.45) is 1.21. The van der Waals surface area contributed by atoms with Gasteiger partial charge in [0.1, 0.15) is 0 Å². The van der Waals surface area contributed by atoms with Gasteiger partial charge in [-0.05, 0) is 13.5 Å². The van der Waals surface area contributed by atoms with E-state index in [-0.39, 0.29) is 18.0 Å². The van der Waals surface area contributed by atoms with Crippen molar-refractivity contribution in [2.24, 2.45) is 0 Å². The summed E-state index contributed by atoms with van der Waals surface area (Å²) in [4.78, 5) is 13.6. The molecule has 0 aromatic carbocycles. The lowest BCUT2D eigenvalue weighted by molar-refractivity contribution is -0.169. The average Bonchev–Trinajstić information content (AvgIpc) is 2.68. The number of hydroxylamine groups is 2. The normalized spacial score (nSPS) is 33.3. The van der Waals surface area contributed by atoms with Crippen molar-refractivity contribution >= 4 is 5.91 Å². The molecule has 2 rings (SSSR count). The van der Waals surface area contributed by atoms with E-state index in [0.29, 0.717) is 6.42 Å². The van der Waals surface area contributed by atoms with Crippen LogP contribution in [-0.2, 0) is 4.79 Å². The molecular formula is C11H22N4O2. The van der Waals surface area contributed by atoms with Gasteiger partial charge >= 0.3 is 0 Å². The molecule has 0 bridgehead atoms. The van der Waals surface area contributed by atoms with Gasteiger partial charge in [-0.2, -0.15) is 0 Å². The molecule has 98 valence electrons. The smallest absolute Gasteiger partial charge is 0.246 e. The minimum atomic E-state index is -0.151. The number of hydrogen-bond donors (Lipinski definition) is 3. The molecule has 2 saturated heterocycles. The van der Waals surface area contributed by atoms with Crippen molar-refractivity contribution in [1.29, 1.82) is 0 Å². The van der Waals surface area contributed by atoms with Crippen LogP contribution in [0.2, 0.25) is 0 Å². The number of rotatable bonds is 1. The van der Waals surface area contributed by atoms with E-state index in [2.05, 4.69) is 22.6 Å². The summed E-state index contributed by atoms with van der Waals surface area (Å²) in [5, 5.41) is 17.4. The highest BCUT2D eigenvalue weighted by molar-refractivity contribution is 5.77. The monoisotopic (exact) mass is 242 g/mol. The molecule has 2 atom stereocenters. The maximum absolute atomic E-state index is 11.4. The molecule has 0 spiro atoms. The second-order valence-electron chi connectivity index (χ2n) is 4.85. The molecule has 17 heavy (non-hydrogen) atoms. The van der Waals surface area contributed by atoms with Crippen molar-refractivity contribution in [2.45, 2.75) is 24.9 Å². The van der Waals surface area contributed by atoms with E-state index in [9.17, 15) is 10.0 Å². The maximum Gasteiger partial charge on any atom is 0.246 e. The topological polar surface area (TPSA) is 67.8 Å². The van der Waals surface area contributed by atoms with Crippen LogP contribution in [0, 0.1) is 0 Å². The summed E-state index contributed by atoms with van der Waals surface area (Å²) < 4.78 is 0. The summed E-state index contributed by atoms with van der Waals surface area (Å²) in [5.41, 5.74) is 0. The third-order valence-corrected chi connectivity index (χ3v) is 3.71. The van der Waals surface area contributed by atoms with E-state index in [1.54, 1.807) is 0 Å². The van der Waals surface area contributed by atoms with E-state index < -0.39 is 0 Å². The Kier molecular flexibility index (Phi) is 4.33. The minimum Gasteiger partial charge on any atom is -0.314 e. The Hall–Kier alpha value is -0.690. The van der Waals surface area contributed by atoms with E-state index in [4.69, 9.17) is 0 Å². The average molecular weight is 242 g/mol. The fourth-order valence-electron chi connectivity index (χ4n) is 2.61. The van der Waals surface area contributed by atoms with Gasteiger partial charge < -0.3 is 10.6 Å². The van der Waals surface area contributed by atoms with Crippen LogP contribution in [0.25, 0.3) is 0 Å². The third kappa shape index (κ3) is 2.95. The van der Waals surface area contributed by atoms with E-state index in [0.717, 1.165) is 44.2 Å². The largest absolute Gasteiger partial charge is 0.314 e. The molecule has 2 heterocycles. The number of nitrogens with one attached hydrogen (secondary N) is 2. The zero-order chi connectivity index (χ0) is 12.3. The van der Waals surface area contributed by atoms with Crippen LogP contribution in [-0.4, -0.2) is 72.9 Å². The minimum absolute atomic E-state index is 0.0712. The van der Waals surface area contributed by atoms with Crippen LogP contribution in [0.15, 0.2) is 0 Å². The second kappa shape index (κ2) is 5.77. The molecule has 6 heteroatoms. The third-order valence-electron chi connectivity index (χ3n) is 3.71. The first-order chi connectivity index (χ1) is 8.20. The molecule has 2 unspecified atom stereocenters. The summed E-state index contributed by atoms with van der Waals surface area (Å²) in [6, 6.07) is 0.115. The molecule has 0 radical (unpaired) electrons. The van der Waals surface area contributed by atoms with Crippen LogP contribution in [0.5, 0.6) is 0 Å². The fraction of sp³-hybridized carbons (Fsp3) is 0.909. The molecule has 0 aliphatic carbocycles. The highest BCUT2D eigenvalue weighted by Gasteiger charge is 2.37. The fourth-order valence-corrected chi connectivity index (χ4v) is 2.61. The lowest BCUT2D eigenvalue weighted by Crippen LogP contribution is -2.52. The number of carbonyl (C=O) groups excluding carboxylic acids is 1. The Morgan fingerprint density at radius 2 is 2.00 bits per heavy atom. The van der Waals surface area contributed by atoms with Gasteiger partial charge in [0, 0.05) is 45.2 Å². The summed E-state index contributed by atoms with van der Waals surface area (Å²) in [7, 11) is 2.05. The molecule has 0 saturated carbocycles. The molecule has 0 aromatic rings. The van der Waals surface area contributed by atoms with Gasteiger partial charge in [-0.3, -0.25) is 14.9 Å². The highest BCUT2D eigenvalue weighted by Crippen LogP contribution is 2.21. The number of likely N-dealkylation sites (N-methyl/N-ethyl adjacent to an activating group) is 1. The van der Waals surface area contributed by atoms with Gasteiger partial charge in [0.05, 0.1) is 6.04 Å². The standard InChI is InChI=1S/C11H22N4O2/c1-14-7-6-12-4-5-13-8-10(14)9-2-3-11(16)15(9)17/h9-10,12-13,17H,2-8H2,1H3. The molecular weight excluding hydrogens is 220 g/mol. The quantitative estimate of drug-likeness (QED) is 0.507. The van der Waals surface area contributed by atoms with Crippen LogP contribution < -0.4 is 10.6 Å². The predicted octanol–water partition coefficient (Wildman–Crippen LogP) is -1.14. The van der Waals surface area contributed by atoms with Gasteiger partial charge in [0.15, 0.2) is 0 Å². The van der Waals surface area contributed by atoms with Crippen molar-refractivity contribution in [3.8, 4) is 0 Å². The van der Waals surface area contributed by atoms with Crippen LogP contribution in [0.1, 0.15) is 12.8 Å². The first-order valence-corrected chi connectivity index (χ1v) is 6.33. The van der Waals surface area contributed by atoms with Gasteiger partial charge in [-0.1, -0.05) is 0 Å². The Morgan fingerprint density at radius 1 is 1.24 bits per heavy atom. The van der Waals surface area contributed by atoms with Crippen LogP contribution in [0.3, 0.4) is 0 Å². The molecule has 0 aromatic heterocycles. The zero-order valence-electron chi connectivity index (χ0n) is 10.4. The molecule has 2 aliphatic rings. The van der Waals surface area contributed by atoms with Gasteiger partial charge in [-0.15, -0.1) is 0 Å². The molecule has 1 amide bonds. The summed E-state index contributed by atoms with van der Waals surface area (Å²) >= 11 is 0. The maximum atomic E-state index is 11.4. The van der Waals surface area contributed by atoms with E-state index in [1.807, 2.05) is 0 Å². The Balaban J connectivity index is 2.02. The van der Waals surface area contributed by atoms with Crippen molar-refractivity contribution in [3.63, 3.8) is 0 Å². The van der Waals surface area contributed by atoms with Gasteiger partial charge in [0.2, 0.25) is 5.91 Å². The molecule has 3 N–H and O–H groups in total.